The average Bonchev–Trinajstić information content (AvgIpc) is 2.72. The minimum atomic E-state index is -2.81. The predicted molar refractivity (Wildman–Crippen MR) is 89.0 cm³/mol. The van der Waals surface area contributed by atoms with Gasteiger partial charge in [0.05, 0.1) is 12.5 Å². The molecule has 1 atom stereocenters. The first-order chi connectivity index (χ1) is 11.1. The van der Waals surface area contributed by atoms with Crippen LogP contribution in [0, 0.1) is 5.92 Å². The number of nitrogens with zero attached hydrogens (tertiary/aromatic N) is 2. The molecule has 0 aromatic heterocycles. The molecule has 6 heteroatoms. The van der Waals surface area contributed by atoms with Crippen LogP contribution in [0.3, 0.4) is 0 Å². The summed E-state index contributed by atoms with van der Waals surface area (Å²) in [6, 6.07) is 9.56. The van der Waals surface area contributed by atoms with Crippen molar-refractivity contribution in [2.75, 3.05) is 26.7 Å². The molecule has 1 amide bonds. The molecular formula is C18H26F2N2O2. The Hall–Kier alpha value is -1.69. The van der Waals surface area contributed by atoms with Crippen LogP contribution in [0.25, 0.3) is 0 Å². The van der Waals surface area contributed by atoms with E-state index in [0.29, 0.717) is 6.54 Å². The minimum Gasteiger partial charge on any atom is -0.444 e. The van der Waals surface area contributed by atoms with Crippen LogP contribution in [-0.2, 0) is 11.3 Å². The van der Waals surface area contributed by atoms with Gasteiger partial charge >= 0.3 is 6.09 Å². The highest BCUT2D eigenvalue weighted by Crippen LogP contribution is 2.34. The van der Waals surface area contributed by atoms with E-state index in [2.05, 4.69) is 0 Å². The van der Waals surface area contributed by atoms with Crippen molar-refractivity contribution in [3.05, 3.63) is 35.9 Å². The molecule has 0 spiro atoms. The summed E-state index contributed by atoms with van der Waals surface area (Å²) < 4.78 is 33.8. The summed E-state index contributed by atoms with van der Waals surface area (Å²) in [4.78, 5) is 15.0. The Morgan fingerprint density at radius 3 is 2.54 bits per heavy atom. The fraction of sp³-hybridized carbons (Fsp3) is 0.611. The number of halogens is 2. The van der Waals surface area contributed by atoms with E-state index in [1.807, 2.05) is 30.3 Å². The second-order valence-corrected chi connectivity index (χ2v) is 7.47. The molecule has 0 bridgehead atoms. The van der Waals surface area contributed by atoms with Gasteiger partial charge in [0.1, 0.15) is 5.60 Å². The van der Waals surface area contributed by atoms with E-state index in [1.165, 1.54) is 11.9 Å². The first kappa shape index (κ1) is 18.6. The van der Waals surface area contributed by atoms with Crippen LogP contribution in [0.2, 0.25) is 0 Å². The SMILES string of the molecule is CN(C[C@@H]1CN(Cc2ccccc2)CC1(F)F)C(=O)OC(C)(C)C. The van der Waals surface area contributed by atoms with Gasteiger partial charge in [0, 0.05) is 26.7 Å². The summed E-state index contributed by atoms with van der Waals surface area (Å²) in [5.41, 5.74) is 0.373. The van der Waals surface area contributed by atoms with Crippen LogP contribution in [-0.4, -0.2) is 54.1 Å². The van der Waals surface area contributed by atoms with Gasteiger partial charge in [0.15, 0.2) is 0 Å². The van der Waals surface area contributed by atoms with Crippen molar-refractivity contribution in [3.63, 3.8) is 0 Å². The Balaban J connectivity index is 1.94. The van der Waals surface area contributed by atoms with Crippen LogP contribution < -0.4 is 0 Å². The molecule has 1 aromatic carbocycles. The highest BCUT2D eigenvalue weighted by Gasteiger charge is 2.48. The summed E-state index contributed by atoms with van der Waals surface area (Å²) in [5, 5.41) is 0. The molecule has 0 radical (unpaired) electrons. The van der Waals surface area contributed by atoms with Gasteiger partial charge in [-0.2, -0.15) is 0 Å². The Labute approximate surface area is 142 Å². The summed E-state index contributed by atoms with van der Waals surface area (Å²) in [6.45, 7) is 5.71. The zero-order valence-electron chi connectivity index (χ0n) is 14.8. The molecule has 4 nitrogen and oxygen atoms in total. The first-order valence-corrected chi connectivity index (χ1v) is 8.15. The molecule has 1 aliphatic rings. The molecule has 0 unspecified atom stereocenters. The molecule has 2 rings (SSSR count). The number of hydrogen-bond donors (Lipinski definition) is 0. The Morgan fingerprint density at radius 1 is 1.33 bits per heavy atom. The van der Waals surface area contributed by atoms with Crippen molar-refractivity contribution in [3.8, 4) is 0 Å². The molecule has 0 aliphatic carbocycles. The Bertz CT molecular complexity index is 558. The van der Waals surface area contributed by atoms with Crippen LogP contribution in [0.4, 0.5) is 13.6 Å². The van der Waals surface area contributed by atoms with Crippen LogP contribution in [0.1, 0.15) is 26.3 Å². The van der Waals surface area contributed by atoms with Gasteiger partial charge in [-0.25, -0.2) is 13.6 Å². The summed E-state index contributed by atoms with van der Waals surface area (Å²) >= 11 is 0. The first-order valence-electron chi connectivity index (χ1n) is 8.15. The van der Waals surface area contributed by atoms with E-state index in [9.17, 15) is 13.6 Å². The van der Waals surface area contributed by atoms with E-state index < -0.39 is 23.5 Å². The monoisotopic (exact) mass is 340 g/mol. The fourth-order valence-electron chi connectivity index (χ4n) is 2.84. The quantitative estimate of drug-likeness (QED) is 0.839. The van der Waals surface area contributed by atoms with Gasteiger partial charge in [-0.05, 0) is 26.3 Å². The number of rotatable bonds is 4. The molecule has 0 N–H and O–H groups in total. The van der Waals surface area contributed by atoms with Gasteiger partial charge in [0.25, 0.3) is 5.92 Å². The molecule has 1 aromatic rings. The summed E-state index contributed by atoms with van der Waals surface area (Å²) in [5.74, 6) is -3.70. The van der Waals surface area contributed by atoms with Crippen molar-refractivity contribution in [2.24, 2.45) is 5.92 Å². The largest absolute Gasteiger partial charge is 0.444 e. The van der Waals surface area contributed by atoms with E-state index in [1.54, 1.807) is 25.7 Å². The molecule has 0 saturated carbocycles. The summed E-state index contributed by atoms with van der Waals surface area (Å²) in [7, 11) is 1.50. The lowest BCUT2D eigenvalue weighted by atomic mass is 10.1. The maximum absolute atomic E-state index is 14.3. The lowest BCUT2D eigenvalue weighted by molar-refractivity contribution is -0.0378. The number of benzene rings is 1. The molecule has 1 fully saturated rings. The van der Waals surface area contributed by atoms with Crippen molar-refractivity contribution < 1.29 is 18.3 Å². The zero-order valence-corrected chi connectivity index (χ0v) is 14.8. The van der Waals surface area contributed by atoms with Gasteiger partial charge < -0.3 is 9.64 Å². The average molecular weight is 340 g/mol. The van der Waals surface area contributed by atoms with Crippen molar-refractivity contribution >= 4 is 6.09 Å². The van der Waals surface area contributed by atoms with E-state index in [-0.39, 0.29) is 19.6 Å². The highest BCUT2D eigenvalue weighted by molar-refractivity contribution is 5.67. The number of amides is 1. The highest BCUT2D eigenvalue weighted by atomic mass is 19.3. The molecule has 134 valence electrons. The number of carbonyl (C=O) groups excluding carboxylic acids is 1. The van der Waals surface area contributed by atoms with Crippen LogP contribution in [0.5, 0.6) is 0 Å². The lowest BCUT2D eigenvalue weighted by Crippen LogP contribution is -2.41. The molecule has 1 heterocycles. The molecule has 24 heavy (non-hydrogen) atoms. The number of likely N-dealkylation sites (tertiary alicyclic amines) is 1. The van der Waals surface area contributed by atoms with Crippen LogP contribution in [0.15, 0.2) is 30.3 Å². The van der Waals surface area contributed by atoms with Gasteiger partial charge in [-0.1, -0.05) is 30.3 Å². The van der Waals surface area contributed by atoms with E-state index in [0.717, 1.165) is 5.56 Å². The van der Waals surface area contributed by atoms with E-state index >= 15 is 0 Å². The maximum atomic E-state index is 14.3. The van der Waals surface area contributed by atoms with Gasteiger partial charge in [-0.15, -0.1) is 0 Å². The Kier molecular flexibility index (Phi) is 5.48. The lowest BCUT2D eigenvalue weighted by Gasteiger charge is -2.27. The third-order valence-corrected chi connectivity index (χ3v) is 3.96. The second-order valence-electron chi connectivity index (χ2n) is 7.47. The number of alkyl halides is 2. The zero-order chi connectivity index (χ0) is 18.0. The third kappa shape index (κ3) is 5.16. The van der Waals surface area contributed by atoms with Gasteiger partial charge in [-0.3, -0.25) is 4.90 Å². The van der Waals surface area contributed by atoms with Crippen molar-refractivity contribution in [1.82, 2.24) is 9.80 Å². The Morgan fingerprint density at radius 2 is 1.96 bits per heavy atom. The number of ether oxygens (including phenoxy) is 1. The molecule has 1 aliphatic heterocycles. The standard InChI is InChI=1S/C18H26F2N2O2/c1-17(2,3)24-16(23)21(4)11-15-12-22(13-18(15,19)20)10-14-8-6-5-7-9-14/h5-9,15H,10-13H2,1-4H3/t15-/m1/s1. The van der Waals surface area contributed by atoms with E-state index in [4.69, 9.17) is 4.74 Å². The molecular weight excluding hydrogens is 314 g/mol. The topological polar surface area (TPSA) is 32.8 Å². The summed E-state index contributed by atoms with van der Waals surface area (Å²) in [6.07, 6.45) is -0.570. The third-order valence-electron chi connectivity index (χ3n) is 3.96. The van der Waals surface area contributed by atoms with Crippen LogP contribution >= 0.6 is 0 Å². The molecule has 1 saturated heterocycles. The normalized spacial score (nSPS) is 20.8. The number of hydrogen-bond acceptors (Lipinski definition) is 3. The van der Waals surface area contributed by atoms with Crippen molar-refractivity contribution in [1.29, 1.82) is 0 Å². The smallest absolute Gasteiger partial charge is 0.410 e. The predicted octanol–water partition coefficient (Wildman–Crippen LogP) is 3.62. The minimum absolute atomic E-state index is 0.0206. The van der Waals surface area contributed by atoms with Gasteiger partial charge in [0.2, 0.25) is 0 Å². The number of carbonyl (C=O) groups is 1. The second kappa shape index (κ2) is 7.05. The van der Waals surface area contributed by atoms with Crippen molar-refractivity contribution in [2.45, 2.75) is 38.8 Å². The fourth-order valence-corrected chi connectivity index (χ4v) is 2.84. The maximum Gasteiger partial charge on any atom is 0.410 e.